The summed E-state index contributed by atoms with van der Waals surface area (Å²) in [7, 11) is 1.67. The summed E-state index contributed by atoms with van der Waals surface area (Å²) in [5, 5.41) is 3.49. The van der Waals surface area contributed by atoms with E-state index in [1.165, 1.54) is 49.1 Å². The molecule has 5 aliphatic rings. The molecule has 7 aromatic rings. The smallest absolute Gasteiger partial charge is 0.266 e. The van der Waals surface area contributed by atoms with Crippen molar-refractivity contribution in [2.24, 2.45) is 35.5 Å². The normalized spacial score (nSPS) is 21.9. The van der Waals surface area contributed by atoms with E-state index in [4.69, 9.17) is 65.4 Å². The molecule has 2 atom stereocenters. The third-order valence-corrected chi connectivity index (χ3v) is 18.3. The molecule has 14 heteroatoms. The zero-order valence-electron chi connectivity index (χ0n) is 46.0. The predicted octanol–water partition coefficient (Wildman–Crippen LogP) is 17.7. The number of rotatable bonds is 6. The van der Waals surface area contributed by atoms with Crippen molar-refractivity contribution in [3.8, 4) is 23.0 Å². The van der Waals surface area contributed by atoms with E-state index in [-0.39, 0.29) is 59.6 Å². The number of halogens is 4. The Labute approximate surface area is 477 Å². The van der Waals surface area contributed by atoms with E-state index in [0.717, 1.165) is 48.0 Å². The lowest BCUT2D eigenvalue weighted by molar-refractivity contribution is 0.0891. The lowest BCUT2D eigenvalue weighted by Crippen LogP contribution is -2.41. The molecule has 2 unspecified atom stereocenters. The Bertz CT molecular complexity index is 3470. The van der Waals surface area contributed by atoms with Gasteiger partial charge in [0.05, 0.1) is 48.9 Å². The number of fused-ring (bicyclic) bond motifs is 4. The van der Waals surface area contributed by atoms with Gasteiger partial charge in [0.15, 0.2) is 29.3 Å². The largest absolute Gasteiger partial charge is 0.489 e. The number of hydrogen-bond acceptors (Lipinski definition) is 8. The molecule has 2 aliphatic carbocycles. The standard InChI is InChI=1S/C59H54Cl4N2O8.C3H8.C2H6/c1-27-6-10-31(11-7-27)34-23-70-45-14-29(3)43(20-47(45)72-25-34)64(5)57(67)36-17-40(61)52-54-42(63)19-38-50-37(18-41(62)53(56(50)54)51-39(60)16-33(22-66)49(36)55(51)52)58(68)65(59(38)69)44-21-48-46(15-30(44)4)71-24-35(26-73-48)32-12-8-28(2)9-13-32;1-3-2;1-2/h14-22,27-28,31-32,34-35H,6-13,23-26H2,1-5H3;3H2,1-2H3;1-2H3. The van der Waals surface area contributed by atoms with E-state index in [1.807, 2.05) is 45.9 Å². The maximum Gasteiger partial charge on any atom is 0.266 e. The van der Waals surface area contributed by atoms with Crippen molar-refractivity contribution in [1.82, 2.24) is 0 Å². The van der Waals surface area contributed by atoms with Crippen LogP contribution in [0.4, 0.5) is 11.4 Å². The Balaban J connectivity index is 0.00000133. The molecule has 3 amide bonds. The van der Waals surface area contributed by atoms with Crippen molar-refractivity contribution < 1.29 is 38.1 Å². The predicted molar refractivity (Wildman–Crippen MR) is 318 cm³/mol. The molecule has 3 aliphatic heterocycles. The molecular formula is C64H68Cl4N2O8. The number of amides is 3. The maximum absolute atomic E-state index is 15.1. The fourth-order valence-electron chi connectivity index (χ4n) is 12.9. The molecule has 0 bridgehead atoms. The Morgan fingerprint density at radius 2 is 0.949 bits per heavy atom. The van der Waals surface area contributed by atoms with Crippen molar-refractivity contribution in [3.63, 3.8) is 0 Å². The highest BCUT2D eigenvalue weighted by Crippen LogP contribution is 2.54. The number of benzene rings is 7. The van der Waals surface area contributed by atoms with Gasteiger partial charge >= 0.3 is 0 Å². The molecule has 410 valence electrons. The zero-order valence-corrected chi connectivity index (χ0v) is 49.0. The number of aryl methyl sites for hydroxylation is 2. The lowest BCUT2D eigenvalue weighted by Gasteiger charge is -2.31. The van der Waals surface area contributed by atoms with Crippen LogP contribution < -0.4 is 28.7 Å². The molecule has 7 aromatic carbocycles. The summed E-state index contributed by atoms with van der Waals surface area (Å²) in [4.78, 5) is 60.9. The number of carbonyl (C=O) groups is 4. The fourth-order valence-corrected chi connectivity index (χ4v) is 14.1. The number of nitrogens with zero attached hydrogens (tertiary/aromatic N) is 2. The molecule has 0 saturated heterocycles. The van der Waals surface area contributed by atoms with Crippen molar-refractivity contribution >= 4 is 125 Å². The third kappa shape index (κ3) is 9.58. The minimum absolute atomic E-state index is 0.130. The molecule has 0 spiro atoms. The highest BCUT2D eigenvalue weighted by molar-refractivity contribution is 6.56. The van der Waals surface area contributed by atoms with Crippen LogP contribution in [0.3, 0.4) is 0 Å². The van der Waals surface area contributed by atoms with E-state index >= 15 is 14.4 Å². The number of carbonyl (C=O) groups excluding carboxylic acids is 4. The van der Waals surface area contributed by atoms with Crippen molar-refractivity contribution in [2.45, 2.75) is 113 Å². The van der Waals surface area contributed by atoms with Crippen molar-refractivity contribution in [3.05, 3.63) is 102 Å². The Kier molecular flexibility index (Phi) is 16.1. The average molecular weight is 1140 g/mol. The first-order valence-corrected chi connectivity index (χ1v) is 29.4. The van der Waals surface area contributed by atoms with Crippen LogP contribution >= 0.6 is 46.4 Å². The van der Waals surface area contributed by atoms with E-state index in [1.54, 1.807) is 25.2 Å². The van der Waals surface area contributed by atoms with Crippen LogP contribution in [0, 0.1) is 49.4 Å². The fraction of sp³-hybridized carbons (Fsp3) is 0.438. The third-order valence-electron chi connectivity index (χ3n) is 17.1. The second-order valence-corrected chi connectivity index (χ2v) is 23.9. The van der Waals surface area contributed by atoms with Crippen molar-refractivity contribution in [1.29, 1.82) is 0 Å². The van der Waals surface area contributed by atoms with Crippen LogP contribution in [-0.4, -0.2) is 57.5 Å². The second kappa shape index (κ2) is 22.6. The van der Waals surface area contributed by atoms with Gasteiger partial charge < -0.3 is 23.8 Å². The number of ether oxygens (including phenoxy) is 4. The Morgan fingerprint density at radius 1 is 0.551 bits per heavy atom. The van der Waals surface area contributed by atoms with Gasteiger partial charge in [-0.15, -0.1) is 0 Å². The minimum Gasteiger partial charge on any atom is -0.489 e. The van der Waals surface area contributed by atoms with Gasteiger partial charge in [0.1, 0.15) is 0 Å². The first-order chi connectivity index (χ1) is 37.5. The first-order valence-electron chi connectivity index (χ1n) is 27.9. The number of aldehydes is 1. The van der Waals surface area contributed by atoms with Crippen LogP contribution in [0.1, 0.15) is 152 Å². The molecule has 2 fully saturated rings. The van der Waals surface area contributed by atoms with Gasteiger partial charge in [-0.2, -0.15) is 0 Å². The summed E-state index contributed by atoms with van der Waals surface area (Å²) in [6.45, 7) is 18.7. The van der Waals surface area contributed by atoms with Gasteiger partial charge in [-0.1, -0.05) is 120 Å². The van der Waals surface area contributed by atoms with Gasteiger partial charge in [-0.05, 0) is 111 Å². The van der Waals surface area contributed by atoms with Crippen molar-refractivity contribution in [2.75, 3.05) is 43.3 Å². The van der Waals surface area contributed by atoms with Gasteiger partial charge in [-0.3, -0.25) is 19.2 Å². The summed E-state index contributed by atoms with van der Waals surface area (Å²) >= 11 is 29.3. The number of hydrogen-bond donors (Lipinski definition) is 0. The quantitative estimate of drug-likeness (QED) is 0.0701. The molecule has 0 aromatic heterocycles. The molecule has 2 saturated carbocycles. The van der Waals surface area contributed by atoms with E-state index in [0.29, 0.717) is 122 Å². The summed E-state index contributed by atoms with van der Waals surface area (Å²) < 4.78 is 25.6. The molecule has 12 rings (SSSR count). The van der Waals surface area contributed by atoms with E-state index in [9.17, 15) is 4.79 Å². The summed E-state index contributed by atoms with van der Waals surface area (Å²) in [6.07, 6.45) is 11.3. The van der Waals surface area contributed by atoms with Gasteiger partial charge in [-0.25, -0.2) is 4.90 Å². The highest BCUT2D eigenvalue weighted by atomic mass is 35.5. The van der Waals surface area contributed by atoms with E-state index in [2.05, 4.69) is 27.7 Å². The van der Waals surface area contributed by atoms with Crippen LogP contribution in [0.5, 0.6) is 23.0 Å². The monoisotopic (exact) mass is 1130 g/mol. The van der Waals surface area contributed by atoms with Gasteiger partial charge in [0.25, 0.3) is 17.7 Å². The lowest BCUT2D eigenvalue weighted by atomic mass is 9.77. The summed E-state index contributed by atoms with van der Waals surface area (Å²) in [5.74, 6) is 3.54. The molecule has 0 N–H and O–H groups in total. The van der Waals surface area contributed by atoms with Crippen LogP contribution in [0.25, 0.3) is 43.1 Å². The molecule has 10 nitrogen and oxygen atoms in total. The molecular weight excluding hydrogens is 1070 g/mol. The second-order valence-electron chi connectivity index (χ2n) is 22.3. The van der Waals surface area contributed by atoms with Gasteiger partial charge in [0, 0.05) is 105 Å². The topological polar surface area (TPSA) is 112 Å². The SMILES string of the molecule is CC.CCC.Cc1cc2c(cc1N(C)C(=O)c1cc(Cl)c3c4c(Cl)cc5c6c(cc(Cl)c(c7c(Cl)cc(C=O)c1c73)c64)C(=O)N(c1cc3c(cc1C)OCC(C1CCC(C)CC1)CO3)C5=O)OCC(C1CCC(C)CC1)CO2. The average Bonchev–Trinajstić information content (AvgIpc) is 2.26. The van der Waals surface area contributed by atoms with Crippen LogP contribution in [0.2, 0.25) is 20.1 Å². The number of anilines is 2. The maximum atomic E-state index is 15.1. The minimum atomic E-state index is -0.594. The summed E-state index contributed by atoms with van der Waals surface area (Å²) in [6, 6.07) is 13.4. The zero-order chi connectivity index (χ0) is 55.6. The first kappa shape index (κ1) is 55.8. The Hall–Kier alpha value is -5.52. The highest BCUT2D eigenvalue weighted by Gasteiger charge is 2.40. The number of imide groups is 1. The molecule has 3 heterocycles. The van der Waals surface area contributed by atoms with E-state index < -0.39 is 17.7 Å². The van der Waals surface area contributed by atoms with Crippen LogP contribution in [0.15, 0.2) is 48.5 Å². The molecule has 0 radical (unpaired) electrons. The summed E-state index contributed by atoms with van der Waals surface area (Å²) in [5.41, 5.74) is 2.96. The van der Waals surface area contributed by atoms with Crippen LogP contribution in [-0.2, 0) is 0 Å². The molecule has 78 heavy (non-hydrogen) atoms. The van der Waals surface area contributed by atoms with Gasteiger partial charge in [0.2, 0.25) is 0 Å². The Morgan fingerprint density at radius 3 is 1.41 bits per heavy atom.